The van der Waals surface area contributed by atoms with E-state index in [0.29, 0.717) is 0 Å². The van der Waals surface area contributed by atoms with Gasteiger partial charge in [-0.1, -0.05) is 48.5 Å². The monoisotopic (exact) mass is 341 g/mol. The van der Waals surface area contributed by atoms with Crippen LogP contribution in [-0.2, 0) is 10.9 Å². The Labute approximate surface area is 131 Å². The van der Waals surface area contributed by atoms with Gasteiger partial charge in [-0.05, 0) is 52.3 Å². The molecule has 0 bridgehead atoms. The molecule has 0 radical (unpaired) electrons. The van der Waals surface area contributed by atoms with E-state index in [1.165, 1.54) is 14.7 Å². The second-order valence-corrected chi connectivity index (χ2v) is 7.21. The van der Waals surface area contributed by atoms with Gasteiger partial charge in [0.15, 0.2) is 14.7 Å². The summed E-state index contributed by atoms with van der Waals surface area (Å²) in [6.07, 6.45) is 0. The number of benzene rings is 3. The van der Waals surface area contributed by atoms with Gasteiger partial charge >= 0.3 is 0 Å². The Morgan fingerprint density at radius 2 is 1.00 bits per heavy atom. The Morgan fingerprint density at radius 3 is 1.50 bits per heavy atom. The van der Waals surface area contributed by atoms with Crippen LogP contribution < -0.4 is 0 Å². The lowest BCUT2D eigenvalue weighted by molar-refractivity contribution is 1.30. The van der Waals surface area contributed by atoms with Crippen molar-refractivity contribution in [3.05, 3.63) is 89.4 Å². The second-order valence-electron chi connectivity index (χ2n) is 4.36. The lowest BCUT2D eigenvalue weighted by Gasteiger charge is -2.09. The van der Waals surface area contributed by atoms with Gasteiger partial charge in [-0.15, -0.1) is 0 Å². The summed E-state index contributed by atoms with van der Waals surface area (Å²) in [6, 6.07) is 29.8. The van der Waals surface area contributed by atoms with E-state index in [1.54, 1.807) is 0 Å². The molecule has 0 nitrogen and oxygen atoms in total. The first-order valence-corrected chi connectivity index (χ1v) is 8.47. The highest BCUT2D eigenvalue weighted by atomic mass is 79.9. The standard InChI is InChI=1S/C18H14BrS/c19-17-13-7-8-14-18(17)20(15-9-3-1-4-10-15)16-11-5-2-6-12-16/h1-14H/q+1. The molecule has 0 aliphatic heterocycles. The fourth-order valence-corrected chi connectivity index (χ4v) is 5.00. The van der Waals surface area contributed by atoms with Gasteiger partial charge < -0.3 is 0 Å². The predicted octanol–water partition coefficient (Wildman–Crippen LogP) is 5.54. The third kappa shape index (κ3) is 2.82. The fraction of sp³-hybridized carbons (Fsp3) is 0. The van der Waals surface area contributed by atoms with Gasteiger partial charge in [0.1, 0.15) is 10.9 Å². The Bertz CT molecular complexity index is 641. The molecule has 0 aromatic heterocycles. The van der Waals surface area contributed by atoms with Crippen molar-refractivity contribution in [3.63, 3.8) is 0 Å². The lowest BCUT2D eigenvalue weighted by atomic mass is 10.4. The summed E-state index contributed by atoms with van der Waals surface area (Å²) in [5.74, 6) is 0. The minimum Gasteiger partial charge on any atom is -0.0619 e. The molecule has 98 valence electrons. The summed E-state index contributed by atoms with van der Waals surface area (Å²) in [7, 11) is -0.0731. The molecular formula is C18H14BrS+. The van der Waals surface area contributed by atoms with Crippen molar-refractivity contribution in [3.8, 4) is 0 Å². The average molecular weight is 342 g/mol. The van der Waals surface area contributed by atoms with Crippen molar-refractivity contribution < 1.29 is 0 Å². The highest BCUT2D eigenvalue weighted by Crippen LogP contribution is 2.34. The SMILES string of the molecule is Brc1ccccc1[S+](c1ccccc1)c1ccccc1. The topological polar surface area (TPSA) is 0 Å². The zero-order valence-electron chi connectivity index (χ0n) is 10.9. The molecule has 2 heteroatoms. The van der Waals surface area contributed by atoms with Crippen LogP contribution in [0.2, 0.25) is 0 Å². The quantitative estimate of drug-likeness (QED) is 0.548. The molecular weight excluding hydrogens is 328 g/mol. The van der Waals surface area contributed by atoms with Crippen LogP contribution in [0.1, 0.15) is 0 Å². The summed E-state index contributed by atoms with van der Waals surface area (Å²) in [5, 5.41) is 0. The summed E-state index contributed by atoms with van der Waals surface area (Å²) >= 11 is 3.70. The van der Waals surface area contributed by atoms with Gasteiger partial charge in [-0.2, -0.15) is 0 Å². The van der Waals surface area contributed by atoms with E-state index >= 15 is 0 Å². The van der Waals surface area contributed by atoms with Crippen LogP contribution in [0.4, 0.5) is 0 Å². The highest BCUT2D eigenvalue weighted by Gasteiger charge is 2.29. The molecule has 0 spiro atoms. The molecule has 0 atom stereocenters. The Morgan fingerprint density at radius 1 is 0.550 bits per heavy atom. The first-order chi connectivity index (χ1) is 9.86. The molecule has 0 heterocycles. The van der Waals surface area contributed by atoms with Crippen molar-refractivity contribution in [1.82, 2.24) is 0 Å². The molecule has 0 fully saturated rings. The van der Waals surface area contributed by atoms with Crippen molar-refractivity contribution in [2.75, 3.05) is 0 Å². The van der Waals surface area contributed by atoms with E-state index in [4.69, 9.17) is 0 Å². The van der Waals surface area contributed by atoms with Gasteiger partial charge in [-0.25, -0.2) is 0 Å². The lowest BCUT2D eigenvalue weighted by Crippen LogP contribution is -2.05. The van der Waals surface area contributed by atoms with E-state index in [2.05, 4.69) is 101 Å². The Hall–Kier alpha value is -1.51. The van der Waals surface area contributed by atoms with Crippen LogP contribution in [0.15, 0.2) is 104 Å². The van der Waals surface area contributed by atoms with Crippen LogP contribution in [0, 0.1) is 0 Å². The Balaban J connectivity index is 2.17. The minimum atomic E-state index is -0.0731. The van der Waals surface area contributed by atoms with E-state index in [9.17, 15) is 0 Å². The van der Waals surface area contributed by atoms with E-state index in [1.807, 2.05) is 0 Å². The zero-order chi connectivity index (χ0) is 13.8. The van der Waals surface area contributed by atoms with Gasteiger partial charge in [-0.3, -0.25) is 0 Å². The third-order valence-corrected chi connectivity index (χ3v) is 6.25. The smallest absolute Gasteiger partial charge is 0.0619 e. The molecule has 0 N–H and O–H groups in total. The van der Waals surface area contributed by atoms with Crippen LogP contribution >= 0.6 is 15.9 Å². The van der Waals surface area contributed by atoms with E-state index in [0.717, 1.165) is 4.47 Å². The summed E-state index contributed by atoms with van der Waals surface area (Å²) in [6.45, 7) is 0. The number of halogens is 1. The molecule has 3 aromatic carbocycles. The zero-order valence-corrected chi connectivity index (χ0v) is 13.3. The van der Waals surface area contributed by atoms with Crippen molar-refractivity contribution >= 4 is 26.8 Å². The molecule has 0 unspecified atom stereocenters. The molecule has 0 aliphatic rings. The Kier molecular flexibility index (Phi) is 4.24. The summed E-state index contributed by atoms with van der Waals surface area (Å²) in [4.78, 5) is 4.00. The van der Waals surface area contributed by atoms with Crippen molar-refractivity contribution in [1.29, 1.82) is 0 Å². The first kappa shape index (κ1) is 13.5. The number of hydrogen-bond acceptors (Lipinski definition) is 0. The van der Waals surface area contributed by atoms with Crippen molar-refractivity contribution in [2.45, 2.75) is 14.7 Å². The molecule has 3 aromatic rings. The van der Waals surface area contributed by atoms with E-state index < -0.39 is 0 Å². The van der Waals surface area contributed by atoms with Gasteiger partial charge in [0, 0.05) is 0 Å². The number of hydrogen-bond donors (Lipinski definition) is 0. The van der Waals surface area contributed by atoms with Crippen LogP contribution in [0.25, 0.3) is 0 Å². The summed E-state index contributed by atoms with van der Waals surface area (Å²) < 4.78 is 1.16. The maximum Gasteiger partial charge on any atom is 0.180 e. The van der Waals surface area contributed by atoms with Crippen LogP contribution in [0.5, 0.6) is 0 Å². The highest BCUT2D eigenvalue weighted by molar-refractivity contribution is 9.10. The molecule has 3 rings (SSSR count). The predicted molar refractivity (Wildman–Crippen MR) is 89.2 cm³/mol. The van der Waals surface area contributed by atoms with Gasteiger partial charge in [0.25, 0.3) is 0 Å². The van der Waals surface area contributed by atoms with Crippen LogP contribution in [-0.4, -0.2) is 0 Å². The minimum absolute atomic E-state index is 0.0731. The fourth-order valence-electron chi connectivity index (χ4n) is 2.11. The summed E-state index contributed by atoms with van der Waals surface area (Å²) in [5.41, 5.74) is 0. The van der Waals surface area contributed by atoms with E-state index in [-0.39, 0.29) is 10.9 Å². The van der Waals surface area contributed by atoms with Crippen molar-refractivity contribution in [2.24, 2.45) is 0 Å². The normalized spacial score (nSPS) is 10.7. The molecule has 0 saturated heterocycles. The molecule has 0 saturated carbocycles. The number of rotatable bonds is 3. The van der Waals surface area contributed by atoms with Gasteiger partial charge in [0.2, 0.25) is 0 Å². The van der Waals surface area contributed by atoms with Crippen LogP contribution in [0.3, 0.4) is 0 Å². The second kappa shape index (κ2) is 6.29. The average Bonchev–Trinajstić information content (AvgIpc) is 2.52. The largest absolute Gasteiger partial charge is 0.180 e. The maximum absolute atomic E-state index is 3.70. The third-order valence-electron chi connectivity index (χ3n) is 3.01. The molecule has 20 heavy (non-hydrogen) atoms. The maximum atomic E-state index is 3.70. The first-order valence-electron chi connectivity index (χ1n) is 6.45. The van der Waals surface area contributed by atoms with Gasteiger partial charge in [0.05, 0.1) is 4.47 Å². The molecule has 0 aliphatic carbocycles. The molecule has 0 amide bonds.